The average molecular weight is 652 g/mol. The summed E-state index contributed by atoms with van der Waals surface area (Å²) in [4.78, 5) is 53.3. The van der Waals surface area contributed by atoms with Crippen molar-refractivity contribution in [2.45, 2.75) is 63.8 Å². The number of ether oxygens (including phenoxy) is 2. The SMILES string of the molecule is CCCCCNC(=O)C(Cc1ccc(OC(COO)C(=O)O)cc1)NC(=O)NC(Cc1ccc(OCc2ccccc2)cc1)C(=O)O. The molecule has 0 aliphatic heterocycles. The quantitative estimate of drug-likeness (QED) is 0.0595. The molecule has 0 aromatic heterocycles. The van der Waals surface area contributed by atoms with E-state index in [2.05, 4.69) is 20.8 Å². The number of unbranched alkanes of at least 4 members (excludes halogenated alkanes) is 2. The van der Waals surface area contributed by atoms with Crippen molar-refractivity contribution in [2.24, 2.45) is 0 Å². The van der Waals surface area contributed by atoms with Gasteiger partial charge in [0.2, 0.25) is 12.0 Å². The first kappa shape index (κ1) is 36.3. The Morgan fingerprint density at radius 2 is 1.32 bits per heavy atom. The summed E-state index contributed by atoms with van der Waals surface area (Å²) in [6.07, 6.45) is 1.24. The van der Waals surface area contributed by atoms with E-state index in [1.54, 1.807) is 36.4 Å². The van der Waals surface area contributed by atoms with E-state index in [1.165, 1.54) is 12.1 Å². The van der Waals surface area contributed by atoms with Crippen LogP contribution in [0.3, 0.4) is 0 Å². The first-order chi connectivity index (χ1) is 22.7. The summed E-state index contributed by atoms with van der Waals surface area (Å²) in [5, 5.41) is 35.5. The van der Waals surface area contributed by atoms with Gasteiger partial charge in [-0.2, -0.15) is 0 Å². The maximum absolute atomic E-state index is 13.1. The number of nitrogens with one attached hydrogen (secondary N) is 3. The fraction of sp³-hybridized carbons (Fsp3) is 0.353. The van der Waals surface area contributed by atoms with Gasteiger partial charge in [-0.15, -0.1) is 0 Å². The topological polar surface area (TPSA) is 193 Å². The third kappa shape index (κ3) is 13.0. The van der Waals surface area contributed by atoms with Crippen LogP contribution in [-0.4, -0.2) is 70.7 Å². The molecule has 13 nitrogen and oxygen atoms in total. The van der Waals surface area contributed by atoms with Crippen LogP contribution in [0, 0.1) is 0 Å². The largest absolute Gasteiger partial charge is 0.489 e. The van der Waals surface area contributed by atoms with Crippen LogP contribution in [0.25, 0.3) is 0 Å². The highest BCUT2D eigenvalue weighted by Gasteiger charge is 2.26. The minimum absolute atomic E-state index is 0.00425. The van der Waals surface area contributed by atoms with Gasteiger partial charge in [0.25, 0.3) is 0 Å². The number of aliphatic carboxylic acids is 2. The molecule has 3 amide bonds. The van der Waals surface area contributed by atoms with E-state index in [4.69, 9.17) is 14.7 Å². The van der Waals surface area contributed by atoms with E-state index in [-0.39, 0.29) is 18.6 Å². The number of carbonyl (C=O) groups excluding carboxylic acids is 2. The van der Waals surface area contributed by atoms with E-state index >= 15 is 0 Å². The average Bonchev–Trinajstić information content (AvgIpc) is 3.06. The Morgan fingerprint density at radius 3 is 1.89 bits per heavy atom. The molecule has 0 saturated carbocycles. The Kier molecular flexibility index (Phi) is 15.0. The molecule has 3 aromatic rings. The molecule has 47 heavy (non-hydrogen) atoms. The molecule has 6 N–H and O–H groups in total. The molecule has 3 atom stereocenters. The van der Waals surface area contributed by atoms with Crippen molar-refractivity contribution in [3.63, 3.8) is 0 Å². The van der Waals surface area contributed by atoms with Gasteiger partial charge in [0, 0.05) is 19.4 Å². The second kappa shape index (κ2) is 19.4. The van der Waals surface area contributed by atoms with Gasteiger partial charge in [-0.1, -0.05) is 74.4 Å². The van der Waals surface area contributed by atoms with Crippen LogP contribution in [0.5, 0.6) is 11.5 Å². The predicted molar refractivity (Wildman–Crippen MR) is 171 cm³/mol. The lowest BCUT2D eigenvalue weighted by molar-refractivity contribution is -0.254. The minimum Gasteiger partial charge on any atom is -0.489 e. The second-order valence-electron chi connectivity index (χ2n) is 10.8. The van der Waals surface area contributed by atoms with Gasteiger partial charge in [0.1, 0.15) is 36.8 Å². The van der Waals surface area contributed by atoms with Crippen LogP contribution in [-0.2, 0) is 38.7 Å². The third-order valence-corrected chi connectivity index (χ3v) is 7.06. The summed E-state index contributed by atoms with van der Waals surface area (Å²) >= 11 is 0. The molecule has 0 fully saturated rings. The molecule has 0 spiro atoms. The highest BCUT2D eigenvalue weighted by atomic mass is 17.1. The summed E-state index contributed by atoms with van der Waals surface area (Å²) in [6.45, 7) is 2.25. The lowest BCUT2D eigenvalue weighted by Gasteiger charge is -2.21. The van der Waals surface area contributed by atoms with E-state index in [9.17, 15) is 29.4 Å². The Hall–Kier alpha value is -5.14. The molecule has 13 heteroatoms. The van der Waals surface area contributed by atoms with Crippen LogP contribution in [0.1, 0.15) is 42.9 Å². The molecule has 3 unspecified atom stereocenters. The van der Waals surface area contributed by atoms with E-state index in [0.717, 1.165) is 24.8 Å². The lowest BCUT2D eigenvalue weighted by Crippen LogP contribution is -2.54. The Bertz CT molecular complexity index is 1420. The van der Waals surface area contributed by atoms with Crippen molar-refractivity contribution >= 4 is 23.9 Å². The van der Waals surface area contributed by atoms with Crippen molar-refractivity contribution in [2.75, 3.05) is 13.2 Å². The van der Waals surface area contributed by atoms with Crippen LogP contribution < -0.4 is 25.4 Å². The van der Waals surface area contributed by atoms with Gasteiger partial charge < -0.3 is 35.6 Å². The van der Waals surface area contributed by atoms with Gasteiger partial charge in [-0.3, -0.25) is 10.1 Å². The fourth-order valence-corrected chi connectivity index (χ4v) is 4.50. The number of hydrogen-bond donors (Lipinski definition) is 6. The zero-order chi connectivity index (χ0) is 34.0. The summed E-state index contributed by atoms with van der Waals surface area (Å²) < 4.78 is 11.1. The number of carboxylic acid groups (broad SMARTS) is 2. The highest BCUT2D eigenvalue weighted by molar-refractivity contribution is 5.89. The van der Waals surface area contributed by atoms with E-state index in [1.807, 2.05) is 37.3 Å². The van der Waals surface area contributed by atoms with Gasteiger partial charge in [0.15, 0.2) is 0 Å². The van der Waals surface area contributed by atoms with Crippen LogP contribution in [0.15, 0.2) is 78.9 Å². The maximum atomic E-state index is 13.1. The van der Waals surface area contributed by atoms with Crippen molar-refractivity contribution < 1.29 is 49.0 Å². The van der Waals surface area contributed by atoms with Crippen molar-refractivity contribution in [1.29, 1.82) is 0 Å². The summed E-state index contributed by atoms with van der Waals surface area (Å²) in [5.74, 6) is -2.22. The molecule has 0 aliphatic carbocycles. The minimum atomic E-state index is -1.44. The molecule has 0 radical (unpaired) electrons. The van der Waals surface area contributed by atoms with E-state index in [0.29, 0.717) is 30.0 Å². The first-order valence-electron chi connectivity index (χ1n) is 15.3. The molecule has 0 aliphatic rings. The van der Waals surface area contributed by atoms with Gasteiger partial charge in [-0.25, -0.2) is 19.3 Å². The van der Waals surface area contributed by atoms with E-state index < -0.39 is 48.7 Å². The number of carboxylic acids is 2. The number of hydrogen-bond acceptors (Lipinski definition) is 8. The van der Waals surface area contributed by atoms with Gasteiger partial charge in [-0.05, 0) is 47.4 Å². The fourth-order valence-electron chi connectivity index (χ4n) is 4.50. The van der Waals surface area contributed by atoms with Gasteiger partial charge >= 0.3 is 18.0 Å². The van der Waals surface area contributed by atoms with Gasteiger partial charge in [0.05, 0.1) is 0 Å². The Labute approximate surface area is 272 Å². The molecule has 3 aromatic carbocycles. The van der Waals surface area contributed by atoms with Crippen molar-refractivity contribution in [1.82, 2.24) is 16.0 Å². The summed E-state index contributed by atoms with van der Waals surface area (Å²) in [5.41, 5.74) is 2.28. The third-order valence-electron chi connectivity index (χ3n) is 7.06. The molecular weight excluding hydrogens is 610 g/mol. The standard InChI is InChI=1S/C34H41N3O10/c1-2-3-7-18-35-31(38)28(19-23-12-16-27(17-13-23)47-30(22-46-44)33(41)42)36-34(43)37-29(32(39)40)20-24-10-14-26(15-11-24)45-21-25-8-5-4-6-9-25/h4-6,8-17,28-30,44H,2-3,7,18-22H2,1H3,(H,35,38)(H,39,40)(H,41,42)(H2,36,37,43). The summed E-state index contributed by atoms with van der Waals surface area (Å²) in [6, 6.07) is 19.6. The van der Waals surface area contributed by atoms with Crippen LogP contribution in [0.4, 0.5) is 4.79 Å². The maximum Gasteiger partial charge on any atom is 0.347 e. The smallest absolute Gasteiger partial charge is 0.347 e. The molecule has 0 saturated heterocycles. The first-order valence-corrected chi connectivity index (χ1v) is 15.3. The number of amides is 3. The molecular formula is C34H41N3O10. The number of benzene rings is 3. The lowest BCUT2D eigenvalue weighted by atomic mass is 10.0. The number of carbonyl (C=O) groups is 4. The number of rotatable bonds is 20. The monoisotopic (exact) mass is 651 g/mol. The van der Waals surface area contributed by atoms with Crippen LogP contribution in [0.2, 0.25) is 0 Å². The molecule has 252 valence electrons. The molecule has 0 bridgehead atoms. The second-order valence-corrected chi connectivity index (χ2v) is 10.8. The predicted octanol–water partition coefficient (Wildman–Crippen LogP) is 3.80. The normalized spacial score (nSPS) is 12.6. The zero-order valence-corrected chi connectivity index (χ0v) is 26.1. The highest BCUT2D eigenvalue weighted by Crippen LogP contribution is 2.17. The van der Waals surface area contributed by atoms with Crippen molar-refractivity contribution in [3.8, 4) is 11.5 Å². The number of urea groups is 1. The molecule has 3 rings (SSSR count). The Balaban J connectivity index is 1.63. The van der Waals surface area contributed by atoms with Crippen LogP contribution >= 0.6 is 0 Å². The van der Waals surface area contributed by atoms with Crippen molar-refractivity contribution in [3.05, 3.63) is 95.6 Å². The molecule has 0 heterocycles. The zero-order valence-electron chi connectivity index (χ0n) is 26.1. The summed E-state index contributed by atoms with van der Waals surface area (Å²) in [7, 11) is 0. The Morgan fingerprint density at radius 1 is 0.723 bits per heavy atom.